The maximum atomic E-state index is 2.76. The molecular formula is C24H42. The molecule has 0 heteroatoms. The molecule has 0 aliphatic heterocycles. The van der Waals surface area contributed by atoms with Crippen LogP contribution in [0.15, 0.2) is 0 Å². The summed E-state index contributed by atoms with van der Waals surface area (Å²) < 4.78 is 0. The number of rotatable bonds is 4. The maximum Gasteiger partial charge on any atom is -0.0264 e. The average molecular weight is 331 g/mol. The molecule has 4 saturated carbocycles. The van der Waals surface area contributed by atoms with Gasteiger partial charge in [0.05, 0.1) is 0 Å². The highest BCUT2D eigenvalue weighted by atomic mass is 14.6. The van der Waals surface area contributed by atoms with Crippen LogP contribution in [-0.4, -0.2) is 0 Å². The standard InChI is InChI=1S/C24H42/c1-24(21-12-6-3-7-13-21)18-20(22-14-8-9-15-23(22)24)17-16-19-10-4-2-5-11-19/h19-23H,2-18H2,1H3. The second-order valence-electron chi connectivity index (χ2n) is 10.4. The lowest BCUT2D eigenvalue weighted by Crippen LogP contribution is -2.35. The molecule has 24 heavy (non-hydrogen) atoms. The zero-order valence-electron chi connectivity index (χ0n) is 16.4. The minimum atomic E-state index is 0.725. The third-order valence-corrected chi connectivity index (χ3v) is 9.18. The van der Waals surface area contributed by atoms with E-state index in [9.17, 15) is 0 Å². The summed E-state index contributed by atoms with van der Waals surface area (Å²) in [5.41, 5.74) is 0.725. The van der Waals surface area contributed by atoms with E-state index < -0.39 is 0 Å². The van der Waals surface area contributed by atoms with Gasteiger partial charge in [-0.2, -0.15) is 0 Å². The van der Waals surface area contributed by atoms with Gasteiger partial charge in [-0.05, 0) is 73.5 Å². The van der Waals surface area contributed by atoms with Crippen molar-refractivity contribution in [1.82, 2.24) is 0 Å². The van der Waals surface area contributed by atoms with Crippen molar-refractivity contribution >= 4 is 0 Å². The summed E-state index contributed by atoms with van der Waals surface area (Å²) in [6.45, 7) is 2.76. The molecule has 0 aromatic carbocycles. The Hall–Kier alpha value is 0. The summed E-state index contributed by atoms with van der Waals surface area (Å²) in [4.78, 5) is 0. The molecule has 0 radical (unpaired) electrons. The van der Waals surface area contributed by atoms with Crippen molar-refractivity contribution in [1.29, 1.82) is 0 Å². The molecule has 0 amide bonds. The van der Waals surface area contributed by atoms with E-state index in [1.807, 2.05) is 0 Å². The highest BCUT2D eigenvalue weighted by Gasteiger charge is 2.53. The molecule has 0 heterocycles. The van der Waals surface area contributed by atoms with Crippen molar-refractivity contribution in [3.8, 4) is 0 Å². The third-order valence-electron chi connectivity index (χ3n) is 9.18. The molecule has 0 aromatic rings. The first-order chi connectivity index (χ1) is 11.8. The van der Waals surface area contributed by atoms with E-state index in [4.69, 9.17) is 0 Å². The van der Waals surface area contributed by atoms with Gasteiger partial charge in [0, 0.05) is 0 Å². The van der Waals surface area contributed by atoms with Gasteiger partial charge >= 0.3 is 0 Å². The minimum absolute atomic E-state index is 0.725. The molecule has 4 rings (SSSR count). The van der Waals surface area contributed by atoms with Crippen LogP contribution in [0.5, 0.6) is 0 Å². The Morgan fingerprint density at radius 1 is 0.667 bits per heavy atom. The first-order valence-electron chi connectivity index (χ1n) is 11.8. The van der Waals surface area contributed by atoms with Gasteiger partial charge in [-0.1, -0.05) is 77.6 Å². The Morgan fingerprint density at radius 3 is 2.04 bits per heavy atom. The van der Waals surface area contributed by atoms with Crippen LogP contribution < -0.4 is 0 Å². The molecule has 138 valence electrons. The van der Waals surface area contributed by atoms with Gasteiger partial charge in [0.1, 0.15) is 0 Å². The van der Waals surface area contributed by atoms with Crippen molar-refractivity contribution in [3.63, 3.8) is 0 Å². The first-order valence-corrected chi connectivity index (χ1v) is 11.8. The van der Waals surface area contributed by atoms with Gasteiger partial charge in [0.15, 0.2) is 0 Å². The maximum absolute atomic E-state index is 2.76. The van der Waals surface area contributed by atoms with Crippen molar-refractivity contribution in [2.45, 2.75) is 116 Å². The van der Waals surface area contributed by atoms with Crippen LogP contribution in [0.25, 0.3) is 0 Å². The molecule has 0 nitrogen and oxygen atoms in total. The van der Waals surface area contributed by atoms with Gasteiger partial charge in [-0.15, -0.1) is 0 Å². The van der Waals surface area contributed by atoms with Gasteiger partial charge in [0.2, 0.25) is 0 Å². The zero-order valence-corrected chi connectivity index (χ0v) is 16.4. The van der Waals surface area contributed by atoms with Crippen molar-refractivity contribution in [2.24, 2.45) is 35.0 Å². The summed E-state index contributed by atoms with van der Waals surface area (Å²) >= 11 is 0. The van der Waals surface area contributed by atoms with E-state index in [1.165, 1.54) is 38.5 Å². The first kappa shape index (κ1) is 17.4. The second kappa shape index (κ2) is 7.71. The van der Waals surface area contributed by atoms with Gasteiger partial charge in [-0.25, -0.2) is 0 Å². The quantitative estimate of drug-likeness (QED) is 0.494. The summed E-state index contributed by atoms with van der Waals surface area (Å²) in [6.07, 6.45) is 26.4. The van der Waals surface area contributed by atoms with Gasteiger partial charge in [-0.3, -0.25) is 0 Å². The summed E-state index contributed by atoms with van der Waals surface area (Å²) in [6, 6.07) is 0. The lowest BCUT2D eigenvalue weighted by atomic mass is 9.61. The molecule has 0 saturated heterocycles. The molecule has 4 fully saturated rings. The van der Waals surface area contributed by atoms with Crippen molar-refractivity contribution in [2.75, 3.05) is 0 Å². The van der Waals surface area contributed by atoms with Crippen LogP contribution in [0.2, 0.25) is 0 Å². The van der Waals surface area contributed by atoms with E-state index in [2.05, 4.69) is 6.92 Å². The smallest absolute Gasteiger partial charge is 0.0264 e. The molecule has 4 aliphatic rings. The Labute approximate surface area is 151 Å². The third kappa shape index (κ3) is 3.45. The Morgan fingerprint density at radius 2 is 1.29 bits per heavy atom. The van der Waals surface area contributed by atoms with E-state index in [0.29, 0.717) is 0 Å². The summed E-state index contributed by atoms with van der Waals surface area (Å²) in [7, 11) is 0. The Balaban J connectivity index is 1.42. The van der Waals surface area contributed by atoms with E-state index in [-0.39, 0.29) is 0 Å². The van der Waals surface area contributed by atoms with Crippen LogP contribution in [0.3, 0.4) is 0 Å². The predicted molar refractivity (Wildman–Crippen MR) is 104 cm³/mol. The Bertz CT molecular complexity index is 387. The summed E-state index contributed by atoms with van der Waals surface area (Å²) in [5, 5.41) is 0. The monoisotopic (exact) mass is 330 g/mol. The highest BCUT2D eigenvalue weighted by Crippen LogP contribution is 2.62. The van der Waals surface area contributed by atoms with E-state index in [1.54, 1.807) is 70.6 Å². The normalized spacial score (nSPS) is 42.1. The largest absolute Gasteiger partial charge is 0.0591 e. The fourth-order valence-corrected chi connectivity index (χ4v) is 7.88. The fourth-order valence-electron chi connectivity index (χ4n) is 7.88. The highest BCUT2D eigenvalue weighted by molar-refractivity contribution is 5.03. The SMILES string of the molecule is CC1(C2CCCCC2)CC(CCC2CCCCC2)C2CCCCC21. The molecule has 0 N–H and O–H groups in total. The second-order valence-corrected chi connectivity index (χ2v) is 10.4. The van der Waals surface area contributed by atoms with Crippen LogP contribution in [0, 0.1) is 35.0 Å². The number of fused-ring (bicyclic) bond motifs is 1. The van der Waals surface area contributed by atoms with Crippen molar-refractivity contribution in [3.05, 3.63) is 0 Å². The predicted octanol–water partition coefficient (Wildman–Crippen LogP) is 7.76. The van der Waals surface area contributed by atoms with Crippen LogP contribution in [0.1, 0.15) is 116 Å². The molecular weight excluding hydrogens is 288 g/mol. The topological polar surface area (TPSA) is 0 Å². The van der Waals surface area contributed by atoms with E-state index in [0.717, 1.165) is 35.0 Å². The Kier molecular flexibility index (Phi) is 5.59. The summed E-state index contributed by atoms with van der Waals surface area (Å²) in [5.74, 6) is 5.50. The molecule has 4 unspecified atom stereocenters. The minimum Gasteiger partial charge on any atom is -0.0591 e. The molecule has 0 aromatic heterocycles. The van der Waals surface area contributed by atoms with Gasteiger partial charge < -0.3 is 0 Å². The lowest BCUT2D eigenvalue weighted by molar-refractivity contribution is 0.0545. The average Bonchev–Trinajstić information content (AvgIpc) is 2.96. The van der Waals surface area contributed by atoms with Crippen molar-refractivity contribution < 1.29 is 0 Å². The van der Waals surface area contributed by atoms with Crippen LogP contribution >= 0.6 is 0 Å². The molecule has 0 bridgehead atoms. The number of hydrogen-bond donors (Lipinski definition) is 0. The molecule has 0 spiro atoms. The zero-order chi connectivity index (χ0) is 16.4. The van der Waals surface area contributed by atoms with Gasteiger partial charge in [0.25, 0.3) is 0 Å². The molecule has 4 aliphatic carbocycles. The van der Waals surface area contributed by atoms with Crippen LogP contribution in [0.4, 0.5) is 0 Å². The molecule has 4 atom stereocenters. The fraction of sp³-hybridized carbons (Fsp3) is 1.00. The van der Waals surface area contributed by atoms with E-state index >= 15 is 0 Å². The lowest BCUT2D eigenvalue weighted by Gasteiger charge is -2.44. The van der Waals surface area contributed by atoms with Crippen LogP contribution in [-0.2, 0) is 0 Å². The number of hydrogen-bond acceptors (Lipinski definition) is 0.